The Hall–Kier alpha value is -1.87. The fourth-order valence-electron chi connectivity index (χ4n) is 2.60. The first-order valence-electron chi connectivity index (χ1n) is 7.09. The van der Waals surface area contributed by atoms with Crippen molar-refractivity contribution in [3.05, 3.63) is 59.9 Å². The molecule has 0 bridgehead atoms. The van der Waals surface area contributed by atoms with Crippen LogP contribution >= 0.6 is 0 Å². The van der Waals surface area contributed by atoms with Crippen molar-refractivity contribution in [2.24, 2.45) is 5.92 Å². The van der Waals surface area contributed by atoms with Crippen molar-refractivity contribution in [1.82, 2.24) is 4.98 Å². The van der Waals surface area contributed by atoms with Crippen LogP contribution in [0.5, 0.6) is 5.75 Å². The third-order valence-electron chi connectivity index (χ3n) is 3.83. The summed E-state index contributed by atoms with van der Waals surface area (Å²) < 4.78 is 5.79. The van der Waals surface area contributed by atoms with Crippen LogP contribution in [0.2, 0.25) is 0 Å². The molecule has 0 aliphatic heterocycles. The summed E-state index contributed by atoms with van der Waals surface area (Å²) in [6.45, 7) is 0.843. The highest BCUT2D eigenvalue weighted by Crippen LogP contribution is 2.49. The molecule has 1 heterocycles. The SMILES string of the molecule is OCC[C@H]1C[C@@H]1c1cncc(OCc2ccccc2)c1. The highest BCUT2D eigenvalue weighted by Gasteiger charge is 2.37. The third kappa shape index (κ3) is 3.17. The number of rotatable bonds is 6. The van der Waals surface area contributed by atoms with Gasteiger partial charge < -0.3 is 9.84 Å². The lowest BCUT2D eigenvalue weighted by atomic mass is 10.1. The zero-order valence-electron chi connectivity index (χ0n) is 11.4. The molecule has 1 aliphatic carbocycles. The van der Waals surface area contributed by atoms with E-state index >= 15 is 0 Å². The van der Waals surface area contributed by atoms with Crippen LogP contribution in [0, 0.1) is 5.92 Å². The van der Waals surface area contributed by atoms with Crippen molar-refractivity contribution in [3.63, 3.8) is 0 Å². The molecule has 0 spiro atoms. The van der Waals surface area contributed by atoms with Gasteiger partial charge >= 0.3 is 0 Å². The summed E-state index contributed by atoms with van der Waals surface area (Å²) in [7, 11) is 0. The van der Waals surface area contributed by atoms with Crippen molar-refractivity contribution in [3.8, 4) is 5.75 Å². The van der Waals surface area contributed by atoms with Crippen LogP contribution in [0.3, 0.4) is 0 Å². The van der Waals surface area contributed by atoms with Gasteiger partial charge in [0.1, 0.15) is 12.4 Å². The Morgan fingerprint density at radius 1 is 1.20 bits per heavy atom. The Morgan fingerprint density at radius 3 is 2.85 bits per heavy atom. The summed E-state index contributed by atoms with van der Waals surface area (Å²) in [5, 5.41) is 8.97. The molecule has 20 heavy (non-hydrogen) atoms. The lowest BCUT2D eigenvalue weighted by Crippen LogP contribution is -1.96. The molecular weight excluding hydrogens is 250 g/mol. The average Bonchev–Trinajstić information content (AvgIpc) is 3.26. The topological polar surface area (TPSA) is 42.4 Å². The minimum atomic E-state index is 0.277. The van der Waals surface area contributed by atoms with Crippen molar-refractivity contribution >= 4 is 0 Å². The van der Waals surface area contributed by atoms with E-state index in [1.54, 1.807) is 6.20 Å². The minimum absolute atomic E-state index is 0.277. The van der Waals surface area contributed by atoms with E-state index in [1.165, 1.54) is 5.56 Å². The highest BCUT2D eigenvalue weighted by atomic mass is 16.5. The van der Waals surface area contributed by atoms with Gasteiger partial charge in [0.25, 0.3) is 0 Å². The maximum absolute atomic E-state index is 8.97. The van der Waals surface area contributed by atoms with Gasteiger partial charge in [0.2, 0.25) is 0 Å². The van der Waals surface area contributed by atoms with E-state index in [0.717, 1.165) is 24.2 Å². The molecule has 0 radical (unpaired) electrons. The molecule has 3 heteroatoms. The second kappa shape index (κ2) is 6.06. The molecule has 104 valence electrons. The average molecular weight is 269 g/mol. The van der Waals surface area contributed by atoms with E-state index in [2.05, 4.69) is 23.2 Å². The van der Waals surface area contributed by atoms with Crippen LogP contribution in [0.25, 0.3) is 0 Å². The number of benzene rings is 1. The van der Waals surface area contributed by atoms with Crippen molar-refractivity contribution < 1.29 is 9.84 Å². The lowest BCUT2D eigenvalue weighted by Gasteiger charge is -2.07. The molecule has 3 nitrogen and oxygen atoms in total. The fraction of sp³-hybridized carbons (Fsp3) is 0.353. The van der Waals surface area contributed by atoms with Gasteiger partial charge in [0, 0.05) is 12.8 Å². The predicted molar refractivity (Wildman–Crippen MR) is 77.6 cm³/mol. The summed E-state index contributed by atoms with van der Waals surface area (Å²) >= 11 is 0. The quantitative estimate of drug-likeness (QED) is 0.876. The largest absolute Gasteiger partial charge is 0.487 e. The Balaban J connectivity index is 1.61. The number of pyridine rings is 1. The first-order valence-corrected chi connectivity index (χ1v) is 7.09. The Bertz CT molecular complexity index is 556. The van der Waals surface area contributed by atoms with Gasteiger partial charge in [0.15, 0.2) is 0 Å². The van der Waals surface area contributed by atoms with Crippen molar-refractivity contribution in [2.45, 2.75) is 25.4 Å². The van der Waals surface area contributed by atoms with Gasteiger partial charge in [-0.1, -0.05) is 30.3 Å². The summed E-state index contributed by atoms with van der Waals surface area (Å²) in [6, 6.07) is 12.2. The number of aliphatic hydroxyl groups is 1. The van der Waals surface area contributed by atoms with Crippen molar-refractivity contribution in [1.29, 1.82) is 0 Å². The zero-order valence-corrected chi connectivity index (χ0v) is 11.4. The Labute approximate surface area is 119 Å². The third-order valence-corrected chi connectivity index (χ3v) is 3.83. The van der Waals surface area contributed by atoms with Gasteiger partial charge in [0.05, 0.1) is 6.20 Å². The Morgan fingerprint density at radius 2 is 2.05 bits per heavy atom. The standard InChI is InChI=1S/C17H19NO2/c19-7-6-14-9-17(14)15-8-16(11-18-10-15)20-12-13-4-2-1-3-5-13/h1-5,8,10-11,14,17,19H,6-7,9,12H2/t14-,17-/m0/s1. The lowest BCUT2D eigenvalue weighted by molar-refractivity contribution is 0.279. The minimum Gasteiger partial charge on any atom is -0.487 e. The molecule has 1 aromatic carbocycles. The van der Waals surface area contributed by atoms with E-state index in [4.69, 9.17) is 9.84 Å². The molecule has 0 saturated heterocycles. The maximum Gasteiger partial charge on any atom is 0.138 e. The number of hydrogen-bond donors (Lipinski definition) is 1. The molecule has 1 aliphatic rings. The van der Waals surface area contributed by atoms with E-state index in [9.17, 15) is 0 Å². The molecule has 0 unspecified atom stereocenters. The fourth-order valence-corrected chi connectivity index (χ4v) is 2.60. The van der Waals surface area contributed by atoms with Crippen molar-refractivity contribution in [2.75, 3.05) is 6.61 Å². The van der Waals surface area contributed by atoms with E-state index in [1.807, 2.05) is 24.4 Å². The van der Waals surface area contributed by atoms with E-state index < -0.39 is 0 Å². The molecule has 3 rings (SSSR count). The van der Waals surface area contributed by atoms with Gasteiger partial charge in [-0.05, 0) is 41.9 Å². The van der Waals surface area contributed by atoms with Crippen LogP contribution in [-0.4, -0.2) is 16.7 Å². The number of aromatic nitrogens is 1. The zero-order chi connectivity index (χ0) is 13.8. The predicted octanol–water partition coefficient (Wildman–Crippen LogP) is 3.15. The number of nitrogens with zero attached hydrogens (tertiary/aromatic N) is 1. The van der Waals surface area contributed by atoms with Gasteiger partial charge in [-0.2, -0.15) is 0 Å². The summed E-state index contributed by atoms with van der Waals surface area (Å²) in [6.07, 6.45) is 5.72. The molecular formula is C17H19NO2. The van der Waals surface area contributed by atoms with Crippen LogP contribution in [0.15, 0.2) is 48.8 Å². The molecule has 2 atom stereocenters. The van der Waals surface area contributed by atoms with Gasteiger partial charge in [-0.15, -0.1) is 0 Å². The molecule has 1 saturated carbocycles. The number of hydrogen-bond acceptors (Lipinski definition) is 3. The van der Waals surface area contributed by atoms with Gasteiger partial charge in [-0.25, -0.2) is 0 Å². The summed E-state index contributed by atoms with van der Waals surface area (Å²) in [5.41, 5.74) is 2.39. The molecule has 1 N–H and O–H groups in total. The molecule has 0 amide bonds. The first kappa shape index (κ1) is 13.1. The van der Waals surface area contributed by atoms with Crippen LogP contribution in [0.4, 0.5) is 0 Å². The first-order chi connectivity index (χ1) is 9.86. The smallest absolute Gasteiger partial charge is 0.138 e. The number of aliphatic hydroxyl groups excluding tert-OH is 1. The van der Waals surface area contributed by atoms with E-state index in [-0.39, 0.29) is 6.61 Å². The second-order valence-electron chi connectivity index (χ2n) is 5.34. The summed E-state index contributed by atoms with van der Waals surface area (Å²) in [4.78, 5) is 4.27. The number of ether oxygens (including phenoxy) is 1. The molecule has 1 fully saturated rings. The monoisotopic (exact) mass is 269 g/mol. The Kier molecular flexibility index (Phi) is 3.97. The molecule has 2 aromatic rings. The van der Waals surface area contributed by atoms with E-state index in [0.29, 0.717) is 18.4 Å². The highest BCUT2D eigenvalue weighted by molar-refractivity contribution is 5.30. The second-order valence-corrected chi connectivity index (χ2v) is 5.34. The van der Waals surface area contributed by atoms with Gasteiger partial charge in [-0.3, -0.25) is 4.98 Å². The van der Waals surface area contributed by atoms with Crippen LogP contribution < -0.4 is 4.74 Å². The maximum atomic E-state index is 8.97. The molecule has 1 aromatic heterocycles. The van der Waals surface area contributed by atoms with Crippen LogP contribution in [0.1, 0.15) is 29.9 Å². The van der Waals surface area contributed by atoms with Crippen LogP contribution in [-0.2, 0) is 6.61 Å². The normalized spacial score (nSPS) is 20.6. The summed E-state index contributed by atoms with van der Waals surface area (Å²) in [5.74, 6) is 1.99.